The minimum atomic E-state index is 0.423. The monoisotopic (exact) mass is 483 g/mol. The fraction of sp³-hybridized carbons (Fsp3) is 0.130. The molecule has 0 heterocycles. The second-order valence-corrected chi connectivity index (χ2v) is 7.59. The third kappa shape index (κ3) is 5.58. The zero-order valence-electron chi connectivity index (χ0n) is 16.5. The van der Waals surface area contributed by atoms with E-state index in [1.54, 1.807) is 19.4 Å². The number of nitrogens with zero attached hydrogens (tertiary/aromatic N) is 1. The Kier molecular flexibility index (Phi) is 7.82. The Morgan fingerprint density at radius 3 is 2.80 bits per heavy atom. The van der Waals surface area contributed by atoms with Gasteiger partial charge in [-0.1, -0.05) is 48.5 Å². The average Bonchev–Trinajstić information content (AvgIpc) is 2.76. The van der Waals surface area contributed by atoms with Crippen molar-refractivity contribution in [2.75, 3.05) is 13.7 Å². The van der Waals surface area contributed by atoms with Crippen molar-refractivity contribution in [1.82, 2.24) is 10.7 Å². The fourth-order valence-corrected chi connectivity index (χ4v) is 3.60. The third-order valence-electron chi connectivity index (χ3n) is 4.29. The van der Waals surface area contributed by atoms with Gasteiger partial charge in [0.15, 0.2) is 16.6 Å². The Balaban J connectivity index is 1.74. The number of benzene rings is 3. The summed E-state index contributed by atoms with van der Waals surface area (Å²) < 4.78 is 12.4. The van der Waals surface area contributed by atoms with Crippen molar-refractivity contribution in [3.63, 3.8) is 0 Å². The quantitative estimate of drug-likeness (QED) is 0.200. The van der Waals surface area contributed by atoms with Crippen LogP contribution in [0.3, 0.4) is 0 Å². The highest BCUT2D eigenvalue weighted by Crippen LogP contribution is 2.37. The van der Waals surface area contributed by atoms with Gasteiger partial charge in [0, 0.05) is 6.54 Å². The van der Waals surface area contributed by atoms with Gasteiger partial charge in [0.2, 0.25) is 0 Å². The minimum absolute atomic E-state index is 0.423. The maximum atomic E-state index is 6.12. The van der Waals surface area contributed by atoms with Gasteiger partial charge in [-0.3, -0.25) is 5.43 Å². The number of halogens is 1. The number of hydrogen-bond donors (Lipinski definition) is 2. The summed E-state index contributed by atoms with van der Waals surface area (Å²) in [6.07, 6.45) is 3.38. The highest BCUT2D eigenvalue weighted by Gasteiger charge is 2.12. The number of fused-ring (bicyclic) bond motifs is 1. The van der Waals surface area contributed by atoms with Gasteiger partial charge in [-0.05, 0) is 62.2 Å². The lowest BCUT2D eigenvalue weighted by Crippen LogP contribution is -2.31. The van der Waals surface area contributed by atoms with Crippen LogP contribution in [0.1, 0.15) is 11.1 Å². The second kappa shape index (κ2) is 10.8. The molecule has 3 rings (SSSR count). The molecular formula is C23H22BrN3O2S. The Morgan fingerprint density at radius 1 is 1.20 bits per heavy atom. The summed E-state index contributed by atoms with van der Waals surface area (Å²) in [5, 5.41) is 9.86. The molecule has 0 aliphatic heterocycles. The molecule has 2 N–H and O–H groups in total. The number of ether oxygens (including phenoxy) is 2. The predicted molar refractivity (Wildman–Crippen MR) is 131 cm³/mol. The van der Waals surface area contributed by atoms with Gasteiger partial charge >= 0.3 is 0 Å². The van der Waals surface area contributed by atoms with Crippen molar-refractivity contribution in [3.8, 4) is 11.5 Å². The van der Waals surface area contributed by atoms with E-state index in [2.05, 4.69) is 62.6 Å². The van der Waals surface area contributed by atoms with Crippen LogP contribution in [0.2, 0.25) is 0 Å². The van der Waals surface area contributed by atoms with Crippen LogP contribution in [0.5, 0.6) is 11.5 Å². The van der Waals surface area contributed by atoms with Gasteiger partial charge in [-0.25, -0.2) is 0 Å². The molecule has 3 aromatic carbocycles. The number of methoxy groups -OCH3 is 1. The van der Waals surface area contributed by atoms with Crippen LogP contribution >= 0.6 is 28.1 Å². The van der Waals surface area contributed by atoms with Crippen LogP contribution in [-0.4, -0.2) is 25.0 Å². The second-order valence-electron chi connectivity index (χ2n) is 6.33. The van der Waals surface area contributed by atoms with Gasteiger partial charge < -0.3 is 14.8 Å². The summed E-state index contributed by atoms with van der Waals surface area (Å²) >= 11 is 8.69. The van der Waals surface area contributed by atoms with Gasteiger partial charge in [-0.2, -0.15) is 5.10 Å². The molecule has 154 valence electrons. The highest BCUT2D eigenvalue weighted by molar-refractivity contribution is 9.10. The van der Waals surface area contributed by atoms with Crippen molar-refractivity contribution in [2.45, 2.75) is 6.61 Å². The molecule has 0 atom stereocenters. The van der Waals surface area contributed by atoms with E-state index in [1.807, 2.05) is 30.3 Å². The van der Waals surface area contributed by atoms with Crippen molar-refractivity contribution in [2.24, 2.45) is 5.10 Å². The van der Waals surface area contributed by atoms with E-state index in [4.69, 9.17) is 21.7 Å². The standard InChI is InChI=1S/C23H22BrN3O2S/c1-3-11-25-23(30)27-26-14-16-12-20(24)22(21(13-16)28-2)29-15-18-9-6-8-17-7-4-5-10-19(17)18/h3-10,12-14H,1,11,15H2,2H3,(H2,25,27,30). The number of rotatable bonds is 8. The summed E-state index contributed by atoms with van der Waals surface area (Å²) in [7, 11) is 1.61. The van der Waals surface area contributed by atoms with Crippen LogP contribution in [0.4, 0.5) is 0 Å². The van der Waals surface area contributed by atoms with E-state index >= 15 is 0 Å². The Labute approximate surface area is 189 Å². The Bertz CT molecular complexity index is 1080. The first kappa shape index (κ1) is 21.8. The van der Waals surface area contributed by atoms with Gasteiger partial charge in [0.1, 0.15) is 6.61 Å². The molecule has 0 aliphatic rings. The highest BCUT2D eigenvalue weighted by atomic mass is 79.9. The molecule has 3 aromatic rings. The Morgan fingerprint density at radius 2 is 2.00 bits per heavy atom. The number of thiocarbonyl (C=S) groups is 1. The summed E-state index contributed by atoms with van der Waals surface area (Å²) in [6, 6.07) is 18.2. The average molecular weight is 484 g/mol. The predicted octanol–water partition coefficient (Wildman–Crippen LogP) is 5.17. The van der Waals surface area contributed by atoms with Crippen molar-refractivity contribution in [1.29, 1.82) is 0 Å². The van der Waals surface area contributed by atoms with Crippen molar-refractivity contribution >= 4 is 50.2 Å². The zero-order chi connectivity index (χ0) is 21.3. The van der Waals surface area contributed by atoms with E-state index in [0.717, 1.165) is 15.6 Å². The number of hydrogen-bond acceptors (Lipinski definition) is 4. The third-order valence-corrected chi connectivity index (χ3v) is 5.12. The molecule has 30 heavy (non-hydrogen) atoms. The van der Waals surface area contributed by atoms with Gasteiger partial charge in [0.05, 0.1) is 17.8 Å². The van der Waals surface area contributed by atoms with Crippen LogP contribution in [0, 0.1) is 0 Å². The lowest BCUT2D eigenvalue weighted by Gasteiger charge is -2.14. The summed E-state index contributed by atoms with van der Waals surface area (Å²) in [5.74, 6) is 1.25. The SMILES string of the molecule is C=CCNC(=S)NN=Cc1cc(Br)c(OCc2cccc3ccccc23)c(OC)c1. The largest absolute Gasteiger partial charge is 0.493 e. The molecule has 0 radical (unpaired) electrons. The van der Waals surface area contributed by atoms with E-state index in [0.29, 0.717) is 29.8 Å². The molecule has 0 spiro atoms. The molecule has 0 saturated heterocycles. The fourth-order valence-electron chi connectivity index (χ4n) is 2.89. The van der Waals surface area contributed by atoms with Gasteiger partial charge in [0.25, 0.3) is 0 Å². The maximum Gasteiger partial charge on any atom is 0.187 e. The van der Waals surface area contributed by atoms with Crippen molar-refractivity contribution < 1.29 is 9.47 Å². The zero-order valence-corrected chi connectivity index (χ0v) is 18.9. The molecule has 0 saturated carbocycles. The number of nitrogens with one attached hydrogen (secondary N) is 2. The van der Waals surface area contributed by atoms with E-state index in [-0.39, 0.29) is 0 Å². The van der Waals surface area contributed by atoms with Crippen molar-refractivity contribution in [3.05, 3.63) is 82.9 Å². The normalized spacial score (nSPS) is 10.7. The Hall–Kier alpha value is -2.90. The smallest absolute Gasteiger partial charge is 0.187 e. The van der Waals surface area contributed by atoms with Crippen LogP contribution in [0.25, 0.3) is 10.8 Å². The molecule has 0 aliphatic carbocycles. The molecule has 0 aromatic heterocycles. The van der Waals surface area contributed by atoms with Crippen LogP contribution in [0.15, 0.2) is 76.8 Å². The first-order valence-electron chi connectivity index (χ1n) is 9.27. The minimum Gasteiger partial charge on any atom is -0.493 e. The molecule has 7 heteroatoms. The summed E-state index contributed by atoms with van der Waals surface area (Å²) in [4.78, 5) is 0. The van der Waals surface area contributed by atoms with Crippen LogP contribution < -0.4 is 20.2 Å². The number of hydrazone groups is 1. The van der Waals surface area contributed by atoms with E-state index in [1.165, 1.54) is 10.8 Å². The van der Waals surface area contributed by atoms with E-state index < -0.39 is 0 Å². The maximum absolute atomic E-state index is 6.12. The van der Waals surface area contributed by atoms with Gasteiger partial charge in [-0.15, -0.1) is 6.58 Å². The lowest BCUT2D eigenvalue weighted by molar-refractivity contribution is 0.283. The molecule has 0 fully saturated rings. The van der Waals surface area contributed by atoms with Crippen LogP contribution in [-0.2, 0) is 6.61 Å². The molecule has 5 nitrogen and oxygen atoms in total. The first-order valence-corrected chi connectivity index (χ1v) is 10.5. The lowest BCUT2D eigenvalue weighted by atomic mass is 10.1. The molecule has 0 amide bonds. The molecule has 0 bridgehead atoms. The topological polar surface area (TPSA) is 54.9 Å². The van der Waals surface area contributed by atoms with E-state index in [9.17, 15) is 0 Å². The first-order chi connectivity index (χ1) is 14.6. The summed E-state index contributed by atoms with van der Waals surface area (Å²) in [5.41, 5.74) is 4.69. The molecule has 0 unspecified atom stereocenters. The summed E-state index contributed by atoms with van der Waals surface area (Å²) in [6.45, 7) is 4.63. The molecular weight excluding hydrogens is 462 g/mol.